The molecule has 0 radical (unpaired) electrons. The van der Waals surface area contributed by atoms with Gasteiger partial charge >= 0.3 is 5.97 Å². The molecule has 0 bridgehead atoms. The second kappa shape index (κ2) is 12.2. The Morgan fingerprint density at radius 2 is 1.73 bits per heavy atom. The number of carbonyl (C=O) groups excluding carboxylic acids is 3. The van der Waals surface area contributed by atoms with E-state index in [2.05, 4.69) is 10.3 Å². The number of rotatable bonds is 10. The predicted octanol–water partition coefficient (Wildman–Crippen LogP) is 5.02. The molecule has 3 aromatic carbocycles. The minimum atomic E-state index is -0.991. The Bertz CT molecular complexity index is 1370. The third kappa shape index (κ3) is 6.01. The molecule has 0 aliphatic carbocycles. The quantitative estimate of drug-likeness (QED) is 0.228. The van der Waals surface area contributed by atoms with Gasteiger partial charge in [-0.05, 0) is 60.9 Å². The normalized spacial score (nSPS) is 11.6. The van der Waals surface area contributed by atoms with Crippen molar-refractivity contribution in [3.63, 3.8) is 0 Å². The van der Waals surface area contributed by atoms with Gasteiger partial charge in [-0.3, -0.25) is 14.5 Å². The predicted molar refractivity (Wildman–Crippen MR) is 145 cm³/mol. The number of hydrogen-bond acceptors (Lipinski definition) is 4. The van der Waals surface area contributed by atoms with Gasteiger partial charge in [-0.2, -0.15) is 0 Å². The van der Waals surface area contributed by atoms with Crippen LogP contribution in [0.1, 0.15) is 34.5 Å². The highest BCUT2D eigenvalue weighted by Crippen LogP contribution is 2.33. The highest BCUT2D eigenvalue weighted by atomic mass is 35.5. The summed E-state index contributed by atoms with van der Waals surface area (Å²) in [6.45, 7) is 2.38. The van der Waals surface area contributed by atoms with Crippen LogP contribution in [0, 0.1) is 0 Å². The van der Waals surface area contributed by atoms with E-state index < -0.39 is 17.9 Å². The van der Waals surface area contributed by atoms with Crippen molar-refractivity contribution in [3.05, 3.63) is 102 Å². The zero-order chi connectivity index (χ0) is 26.2. The standard InChI is InChI=1S/C29H28ClN3O4/c1-2-37-29(36)21-11-13-22(14-12-21)33(26(34)19-30)27(24-9-6-10-25-23(24)16-18-31-25)28(35)32-17-15-20-7-4-3-5-8-20/h3-14,16,18,27,31H,2,15,17,19H2,1H3,(H,32,35). The summed E-state index contributed by atoms with van der Waals surface area (Å²) in [6, 6.07) is 22.7. The number of nitrogens with zero attached hydrogens (tertiary/aromatic N) is 1. The average Bonchev–Trinajstić information content (AvgIpc) is 3.41. The molecule has 2 N–H and O–H groups in total. The molecule has 0 fully saturated rings. The van der Waals surface area contributed by atoms with Crippen LogP contribution in [0.5, 0.6) is 0 Å². The molecular weight excluding hydrogens is 490 g/mol. The third-order valence-electron chi connectivity index (χ3n) is 6.03. The van der Waals surface area contributed by atoms with E-state index >= 15 is 0 Å². The number of aromatic nitrogens is 1. The van der Waals surface area contributed by atoms with Gasteiger partial charge < -0.3 is 15.0 Å². The SMILES string of the molecule is CCOC(=O)c1ccc(N(C(=O)CCl)C(C(=O)NCCc2ccccc2)c2cccc3[nH]ccc23)cc1. The number of H-pyrrole nitrogens is 1. The number of halogens is 1. The van der Waals surface area contributed by atoms with Crippen molar-refractivity contribution in [2.24, 2.45) is 0 Å². The van der Waals surface area contributed by atoms with Crippen molar-refractivity contribution < 1.29 is 19.1 Å². The Hall–Kier alpha value is -4.10. The maximum Gasteiger partial charge on any atom is 0.338 e. The van der Waals surface area contributed by atoms with Gasteiger partial charge in [0.15, 0.2) is 0 Å². The van der Waals surface area contributed by atoms with Gasteiger partial charge in [0.1, 0.15) is 11.9 Å². The van der Waals surface area contributed by atoms with Gasteiger partial charge in [-0.15, -0.1) is 11.6 Å². The Labute approximate surface area is 220 Å². The molecule has 7 nitrogen and oxygen atoms in total. The number of carbonyl (C=O) groups is 3. The van der Waals surface area contributed by atoms with Crippen molar-refractivity contribution in [2.75, 3.05) is 23.9 Å². The zero-order valence-electron chi connectivity index (χ0n) is 20.4. The minimum Gasteiger partial charge on any atom is -0.462 e. The van der Waals surface area contributed by atoms with Gasteiger partial charge in [0, 0.05) is 29.3 Å². The number of nitrogens with one attached hydrogen (secondary N) is 2. The molecule has 1 heterocycles. The molecule has 4 rings (SSSR count). The number of ether oxygens (including phenoxy) is 1. The van der Waals surface area contributed by atoms with E-state index in [4.69, 9.17) is 16.3 Å². The molecule has 0 saturated carbocycles. The number of amides is 2. The lowest BCUT2D eigenvalue weighted by atomic mass is 9.99. The second-order valence-electron chi connectivity index (χ2n) is 8.38. The molecule has 0 spiro atoms. The number of benzene rings is 3. The van der Waals surface area contributed by atoms with Gasteiger partial charge in [0.25, 0.3) is 0 Å². The molecule has 1 aromatic heterocycles. The molecule has 0 aliphatic rings. The monoisotopic (exact) mass is 517 g/mol. The number of alkyl halides is 1. The van der Waals surface area contributed by atoms with Crippen molar-refractivity contribution in [2.45, 2.75) is 19.4 Å². The smallest absolute Gasteiger partial charge is 0.338 e. The van der Waals surface area contributed by atoms with Crippen LogP contribution in [-0.4, -0.2) is 41.8 Å². The molecule has 8 heteroatoms. The van der Waals surface area contributed by atoms with Crippen LogP contribution in [-0.2, 0) is 20.7 Å². The van der Waals surface area contributed by atoms with Crippen molar-refractivity contribution in [1.82, 2.24) is 10.3 Å². The molecule has 0 aliphatic heterocycles. The Morgan fingerprint density at radius 1 is 0.973 bits per heavy atom. The summed E-state index contributed by atoms with van der Waals surface area (Å²) in [5, 5.41) is 3.82. The summed E-state index contributed by atoms with van der Waals surface area (Å²) in [4.78, 5) is 43.7. The summed E-state index contributed by atoms with van der Waals surface area (Å²) in [7, 11) is 0. The summed E-state index contributed by atoms with van der Waals surface area (Å²) < 4.78 is 5.06. The van der Waals surface area contributed by atoms with E-state index in [-0.39, 0.29) is 18.4 Å². The fourth-order valence-electron chi connectivity index (χ4n) is 4.29. The summed E-state index contributed by atoms with van der Waals surface area (Å²) in [5.74, 6) is -1.56. The molecule has 2 amide bonds. The largest absolute Gasteiger partial charge is 0.462 e. The average molecular weight is 518 g/mol. The van der Waals surface area contributed by atoms with Crippen LogP contribution in [0.25, 0.3) is 10.9 Å². The Balaban J connectivity index is 1.71. The van der Waals surface area contributed by atoms with E-state index in [1.807, 2.05) is 54.6 Å². The Kier molecular flexibility index (Phi) is 8.59. The number of anilines is 1. The summed E-state index contributed by atoms with van der Waals surface area (Å²) in [6.07, 6.45) is 2.44. The molecule has 1 atom stereocenters. The topological polar surface area (TPSA) is 91.5 Å². The molecule has 4 aromatic rings. The molecular formula is C29H28ClN3O4. The first-order chi connectivity index (χ1) is 18.0. The number of hydrogen-bond donors (Lipinski definition) is 2. The number of fused-ring (bicyclic) bond motifs is 1. The van der Waals surface area contributed by atoms with Gasteiger partial charge in [-0.1, -0.05) is 42.5 Å². The molecule has 1 unspecified atom stereocenters. The van der Waals surface area contributed by atoms with Crippen LogP contribution in [0.2, 0.25) is 0 Å². The third-order valence-corrected chi connectivity index (χ3v) is 6.25. The highest BCUT2D eigenvalue weighted by Gasteiger charge is 2.33. The van der Waals surface area contributed by atoms with E-state index in [0.717, 1.165) is 16.5 Å². The maximum absolute atomic E-state index is 13.8. The fourth-order valence-corrected chi connectivity index (χ4v) is 4.42. The van der Waals surface area contributed by atoms with E-state index in [0.29, 0.717) is 29.8 Å². The number of aromatic amines is 1. The Morgan fingerprint density at radius 3 is 2.43 bits per heavy atom. The van der Waals surface area contributed by atoms with Crippen molar-refractivity contribution in [1.29, 1.82) is 0 Å². The lowest BCUT2D eigenvalue weighted by Crippen LogP contribution is -2.45. The first kappa shape index (κ1) is 26.0. The molecule has 0 saturated heterocycles. The van der Waals surface area contributed by atoms with E-state index in [1.54, 1.807) is 37.4 Å². The van der Waals surface area contributed by atoms with Gasteiger partial charge in [-0.25, -0.2) is 4.79 Å². The van der Waals surface area contributed by atoms with E-state index in [1.165, 1.54) is 4.90 Å². The number of esters is 1. The minimum absolute atomic E-state index is 0.253. The van der Waals surface area contributed by atoms with Crippen LogP contribution in [0.15, 0.2) is 85.1 Å². The lowest BCUT2D eigenvalue weighted by molar-refractivity contribution is -0.125. The second-order valence-corrected chi connectivity index (χ2v) is 8.65. The fraction of sp³-hybridized carbons (Fsp3) is 0.207. The lowest BCUT2D eigenvalue weighted by Gasteiger charge is -2.31. The van der Waals surface area contributed by atoms with Crippen LogP contribution in [0.3, 0.4) is 0 Å². The summed E-state index contributed by atoms with van der Waals surface area (Å²) in [5.41, 5.74) is 3.38. The van der Waals surface area contributed by atoms with Crippen LogP contribution in [0.4, 0.5) is 5.69 Å². The summed E-state index contributed by atoms with van der Waals surface area (Å²) >= 11 is 6.03. The first-order valence-electron chi connectivity index (χ1n) is 12.1. The van der Waals surface area contributed by atoms with Gasteiger partial charge in [0.05, 0.1) is 12.2 Å². The van der Waals surface area contributed by atoms with E-state index in [9.17, 15) is 14.4 Å². The van der Waals surface area contributed by atoms with Gasteiger partial charge in [0.2, 0.25) is 11.8 Å². The molecule has 190 valence electrons. The first-order valence-corrected chi connectivity index (χ1v) is 12.6. The zero-order valence-corrected chi connectivity index (χ0v) is 21.2. The van der Waals surface area contributed by atoms with Crippen molar-refractivity contribution >= 4 is 46.0 Å². The van der Waals surface area contributed by atoms with Crippen molar-refractivity contribution in [3.8, 4) is 0 Å². The highest BCUT2D eigenvalue weighted by molar-refractivity contribution is 6.30. The maximum atomic E-state index is 13.8. The van der Waals surface area contributed by atoms with Crippen LogP contribution >= 0.6 is 11.6 Å². The van der Waals surface area contributed by atoms with Crippen LogP contribution < -0.4 is 10.2 Å². The molecule has 37 heavy (non-hydrogen) atoms.